The normalized spacial score (nSPS) is 17.9. The van der Waals surface area contributed by atoms with Gasteiger partial charge in [0.05, 0.1) is 18.7 Å². The summed E-state index contributed by atoms with van der Waals surface area (Å²) in [7, 11) is 1.56. The van der Waals surface area contributed by atoms with Gasteiger partial charge >= 0.3 is 5.91 Å². The second kappa shape index (κ2) is 8.03. The zero-order valence-electron chi connectivity index (χ0n) is 17.0. The van der Waals surface area contributed by atoms with Crippen LogP contribution in [0.2, 0.25) is 0 Å². The van der Waals surface area contributed by atoms with Crippen LogP contribution < -0.4 is 9.64 Å². The van der Waals surface area contributed by atoms with Gasteiger partial charge in [-0.15, -0.1) is 0 Å². The quantitative estimate of drug-likeness (QED) is 0.329. The van der Waals surface area contributed by atoms with Crippen LogP contribution in [0.25, 0.3) is 5.76 Å². The number of amides is 1. The smallest absolute Gasteiger partial charge is 0.301 e. The molecule has 1 aliphatic heterocycles. The molecule has 1 fully saturated rings. The average Bonchev–Trinajstić information content (AvgIpc) is 3.28. The van der Waals surface area contributed by atoms with Crippen LogP contribution in [0.5, 0.6) is 5.75 Å². The Hall–Kier alpha value is -3.39. The summed E-state index contributed by atoms with van der Waals surface area (Å²) in [4.78, 5) is 27.4. The van der Waals surface area contributed by atoms with Crippen LogP contribution in [0.15, 0.2) is 63.1 Å². The Kier molecular flexibility index (Phi) is 5.41. The minimum atomic E-state index is -0.871. The van der Waals surface area contributed by atoms with Crippen molar-refractivity contribution in [2.45, 2.75) is 19.9 Å². The molecular weight excluding hydrogens is 464 g/mol. The first-order valence-electron chi connectivity index (χ1n) is 9.46. The molecule has 3 aromatic rings. The van der Waals surface area contributed by atoms with E-state index in [4.69, 9.17) is 9.26 Å². The highest BCUT2D eigenvalue weighted by atomic mass is 79.9. The van der Waals surface area contributed by atoms with Crippen molar-refractivity contribution in [3.8, 4) is 5.75 Å². The largest absolute Gasteiger partial charge is 0.507 e. The lowest BCUT2D eigenvalue weighted by molar-refractivity contribution is -0.132. The number of aliphatic hydroxyl groups is 1. The summed E-state index contributed by atoms with van der Waals surface area (Å²) in [6.07, 6.45) is 0. The maximum atomic E-state index is 13.1. The minimum Gasteiger partial charge on any atom is -0.507 e. The van der Waals surface area contributed by atoms with Crippen LogP contribution in [0.4, 0.5) is 5.82 Å². The van der Waals surface area contributed by atoms with E-state index in [-0.39, 0.29) is 17.2 Å². The number of anilines is 1. The Morgan fingerprint density at radius 3 is 2.55 bits per heavy atom. The van der Waals surface area contributed by atoms with Gasteiger partial charge in [0, 0.05) is 16.1 Å². The lowest BCUT2D eigenvalue weighted by atomic mass is 9.95. The highest BCUT2D eigenvalue weighted by molar-refractivity contribution is 9.10. The lowest BCUT2D eigenvalue weighted by Gasteiger charge is -2.23. The molecule has 31 heavy (non-hydrogen) atoms. The summed E-state index contributed by atoms with van der Waals surface area (Å²) in [6.45, 7) is 3.53. The highest BCUT2D eigenvalue weighted by Gasteiger charge is 2.48. The van der Waals surface area contributed by atoms with Crippen LogP contribution in [0, 0.1) is 13.8 Å². The number of Topliss-reactive ketones (excluding diaryl/α,β-unsaturated/α-hetero) is 1. The maximum Gasteiger partial charge on any atom is 0.301 e. The van der Waals surface area contributed by atoms with Gasteiger partial charge in [0.1, 0.15) is 17.3 Å². The second-order valence-corrected chi connectivity index (χ2v) is 8.12. The van der Waals surface area contributed by atoms with E-state index < -0.39 is 17.7 Å². The Morgan fingerprint density at radius 2 is 1.94 bits per heavy atom. The fourth-order valence-electron chi connectivity index (χ4n) is 3.71. The molecule has 0 aliphatic carbocycles. The fraction of sp³-hybridized carbons (Fsp3) is 0.174. The fourth-order valence-corrected chi connectivity index (χ4v) is 4.13. The van der Waals surface area contributed by atoms with Gasteiger partial charge in [-0.25, -0.2) is 0 Å². The molecule has 0 saturated carbocycles. The van der Waals surface area contributed by atoms with Gasteiger partial charge < -0.3 is 14.4 Å². The molecule has 7 nitrogen and oxygen atoms in total. The number of carbonyl (C=O) groups is 2. The monoisotopic (exact) mass is 482 g/mol. The van der Waals surface area contributed by atoms with Gasteiger partial charge in [0.2, 0.25) is 0 Å². The number of nitrogens with zero attached hydrogens (tertiary/aromatic N) is 2. The van der Waals surface area contributed by atoms with Crippen molar-refractivity contribution < 1.29 is 24.0 Å². The van der Waals surface area contributed by atoms with Gasteiger partial charge in [-0.2, -0.15) is 0 Å². The first-order valence-corrected chi connectivity index (χ1v) is 10.3. The summed E-state index contributed by atoms with van der Waals surface area (Å²) in [5.41, 5.74) is 1.81. The summed E-state index contributed by atoms with van der Waals surface area (Å²) >= 11 is 3.43. The van der Waals surface area contributed by atoms with E-state index in [0.29, 0.717) is 22.6 Å². The van der Waals surface area contributed by atoms with E-state index in [2.05, 4.69) is 21.1 Å². The first-order chi connectivity index (χ1) is 14.8. The number of hydrogen-bond donors (Lipinski definition) is 1. The van der Waals surface area contributed by atoms with E-state index in [1.807, 2.05) is 13.0 Å². The highest BCUT2D eigenvalue weighted by Crippen LogP contribution is 2.42. The van der Waals surface area contributed by atoms with Crippen molar-refractivity contribution in [2.24, 2.45) is 0 Å². The van der Waals surface area contributed by atoms with Crippen molar-refractivity contribution in [1.82, 2.24) is 5.16 Å². The van der Waals surface area contributed by atoms with E-state index in [1.165, 1.54) is 4.90 Å². The van der Waals surface area contributed by atoms with Crippen LogP contribution in [-0.2, 0) is 9.59 Å². The first kappa shape index (κ1) is 20.9. The zero-order valence-corrected chi connectivity index (χ0v) is 18.6. The van der Waals surface area contributed by atoms with Crippen LogP contribution in [-0.4, -0.2) is 29.1 Å². The van der Waals surface area contributed by atoms with E-state index in [9.17, 15) is 14.7 Å². The molecule has 8 heteroatoms. The van der Waals surface area contributed by atoms with Gasteiger partial charge in [-0.05, 0) is 55.3 Å². The van der Waals surface area contributed by atoms with Crippen molar-refractivity contribution in [1.29, 1.82) is 0 Å². The number of carbonyl (C=O) groups excluding carboxylic acids is 2. The number of aliphatic hydroxyl groups excluding tert-OH is 1. The maximum absolute atomic E-state index is 13.1. The number of methoxy groups -OCH3 is 1. The molecule has 0 radical (unpaired) electrons. The number of aryl methyl sites for hydroxylation is 2. The van der Waals surface area contributed by atoms with Crippen LogP contribution in [0.3, 0.4) is 0 Å². The average molecular weight is 483 g/mol. The second-order valence-electron chi connectivity index (χ2n) is 7.20. The predicted octanol–water partition coefficient (Wildman–Crippen LogP) is 4.69. The molecule has 4 rings (SSSR count). The number of hydrogen-bond acceptors (Lipinski definition) is 6. The summed E-state index contributed by atoms with van der Waals surface area (Å²) in [5, 5.41) is 15.1. The van der Waals surface area contributed by atoms with E-state index in [1.54, 1.807) is 56.5 Å². The molecule has 1 aromatic heterocycles. The van der Waals surface area contributed by atoms with Crippen molar-refractivity contribution in [3.05, 3.63) is 81.0 Å². The van der Waals surface area contributed by atoms with Crippen molar-refractivity contribution in [3.63, 3.8) is 0 Å². The Labute approximate surface area is 187 Å². The Morgan fingerprint density at radius 1 is 1.16 bits per heavy atom. The predicted molar refractivity (Wildman–Crippen MR) is 118 cm³/mol. The molecule has 1 saturated heterocycles. The number of rotatable bonds is 4. The molecule has 1 aliphatic rings. The van der Waals surface area contributed by atoms with E-state index >= 15 is 0 Å². The number of aromatic nitrogens is 1. The molecule has 0 unspecified atom stereocenters. The van der Waals surface area contributed by atoms with Gasteiger partial charge in [-0.3, -0.25) is 14.5 Å². The number of halogens is 1. The lowest BCUT2D eigenvalue weighted by Crippen LogP contribution is -2.29. The third-order valence-electron chi connectivity index (χ3n) is 5.14. The molecule has 2 heterocycles. The van der Waals surface area contributed by atoms with Gasteiger partial charge in [0.25, 0.3) is 5.78 Å². The number of ether oxygens (including phenoxy) is 1. The summed E-state index contributed by atoms with van der Waals surface area (Å²) in [6, 6.07) is 13.0. The van der Waals surface area contributed by atoms with Crippen molar-refractivity contribution in [2.75, 3.05) is 12.0 Å². The van der Waals surface area contributed by atoms with Crippen LogP contribution >= 0.6 is 15.9 Å². The third kappa shape index (κ3) is 3.63. The molecule has 1 atom stereocenters. The van der Waals surface area contributed by atoms with Crippen LogP contribution in [0.1, 0.15) is 28.5 Å². The molecule has 0 bridgehead atoms. The van der Waals surface area contributed by atoms with Gasteiger partial charge in [-0.1, -0.05) is 33.2 Å². The molecule has 2 aromatic carbocycles. The minimum absolute atomic E-state index is 0.0201. The summed E-state index contributed by atoms with van der Waals surface area (Å²) < 4.78 is 11.2. The van der Waals surface area contributed by atoms with E-state index in [0.717, 1.165) is 10.0 Å². The van der Waals surface area contributed by atoms with Crippen molar-refractivity contribution >= 4 is 39.2 Å². The molecule has 1 amide bonds. The standard InChI is InChI=1S/C23H19BrN2O5/c1-12-9-15(7-8-17(12)30-3)21(27)19-20(14-5-4-6-16(24)11-14)26(23(29)22(19)28)18-10-13(2)31-25-18/h4-11,20,27H,1-3H3/b21-19+/t20-/m1/s1. The number of benzene rings is 2. The molecule has 0 spiro atoms. The topological polar surface area (TPSA) is 92.9 Å². The third-order valence-corrected chi connectivity index (χ3v) is 5.63. The zero-order chi connectivity index (χ0) is 22.3. The SMILES string of the molecule is COc1ccc(/C(O)=C2\C(=O)C(=O)N(c3cc(C)on3)[C@@H]2c2cccc(Br)c2)cc1C. The molecular formula is C23H19BrN2O5. The Bertz CT molecular complexity index is 1230. The molecule has 158 valence electrons. The summed E-state index contributed by atoms with van der Waals surface area (Å²) in [5.74, 6) is -0.498. The van der Waals surface area contributed by atoms with Gasteiger partial charge in [0.15, 0.2) is 5.82 Å². The number of ketones is 1. The molecule has 1 N–H and O–H groups in total. The Balaban J connectivity index is 1.94.